The van der Waals surface area contributed by atoms with Crippen molar-refractivity contribution in [3.05, 3.63) is 48.0 Å². The standard InChI is InChI=1S/C23H26N4O4S/c1-28-12-4-11-27-22(18-7-10-20(29-2)21(15-18)30-3)25-26-23(27)32-14-13-31-19-8-5-17(16-24)6-9-19/h5-10,15H,4,11-14H2,1-3H3. The molecule has 8 nitrogen and oxygen atoms in total. The van der Waals surface area contributed by atoms with Crippen LogP contribution in [0.5, 0.6) is 17.2 Å². The predicted octanol–water partition coefficient (Wildman–Crippen LogP) is 4.04. The first kappa shape index (κ1) is 23.4. The smallest absolute Gasteiger partial charge is 0.191 e. The number of thioether (sulfide) groups is 1. The lowest BCUT2D eigenvalue weighted by molar-refractivity contribution is 0.189. The maximum absolute atomic E-state index is 8.88. The molecule has 0 saturated carbocycles. The molecule has 0 aliphatic heterocycles. The Balaban J connectivity index is 1.71. The summed E-state index contributed by atoms with van der Waals surface area (Å²) >= 11 is 1.58. The summed E-state index contributed by atoms with van der Waals surface area (Å²) in [6.45, 7) is 1.88. The van der Waals surface area contributed by atoms with E-state index in [2.05, 4.69) is 20.8 Å². The second kappa shape index (κ2) is 12.0. The summed E-state index contributed by atoms with van der Waals surface area (Å²) in [6, 6.07) is 14.9. The minimum Gasteiger partial charge on any atom is -0.493 e. The Morgan fingerprint density at radius 1 is 0.969 bits per heavy atom. The van der Waals surface area contributed by atoms with Gasteiger partial charge in [-0.05, 0) is 48.9 Å². The van der Waals surface area contributed by atoms with Crippen molar-refractivity contribution in [3.8, 4) is 34.7 Å². The zero-order valence-corrected chi connectivity index (χ0v) is 19.2. The fourth-order valence-corrected chi connectivity index (χ4v) is 3.85. The lowest BCUT2D eigenvalue weighted by atomic mass is 10.2. The van der Waals surface area contributed by atoms with Gasteiger partial charge in [0.15, 0.2) is 22.5 Å². The van der Waals surface area contributed by atoms with Gasteiger partial charge in [-0.15, -0.1) is 10.2 Å². The molecule has 168 valence electrons. The first-order chi connectivity index (χ1) is 15.7. The van der Waals surface area contributed by atoms with Crippen LogP contribution in [0.2, 0.25) is 0 Å². The van der Waals surface area contributed by atoms with Crippen LogP contribution in [0.3, 0.4) is 0 Å². The molecule has 3 rings (SSSR count). The molecule has 2 aromatic carbocycles. The molecule has 0 radical (unpaired) electrons. The minimum absolute atomic E-state index is 0.507. The highest BCUT2D eigenvalue weighted by Crippen LogP contribution is 2.33. The van der Waals surface area contributed by atoms with E-state index in [0.29, 0.717) is 36.0 Å². The summed E-state index contributed by atoms with van der Waals surface area (Å²) < 4.78 is 23.9. The number of ether oxygens (including phenoxy) is 4. The summed E-state index contributed by atoms with van der Waals surface area (Å²) in [5, 5.41) is 18.5. The van der Waals surface area contributed by atoms with Crippen molar-refractivity contribution in [2.45, 2.75) is 18.1 Å². The summed E-state index contributed by atoms with van der Waals surface area (Å²) in [5.74, 6) is 3.50. The van der Waals surface area contributed by atoms with Crippen LogP contribution in [0.1, 0.15) is 12.0 Å². The average molecular weight is 455 g/mol. The minimum atomic E-state index is 0.507. The summed E-state index contributed by atoms with van der Waals surface area (Å²) in [6.07, 6.45) is 0.837. The Labute approximate surface area is 192 Å². The Morgan fingerprint density at radius 2 is 1.75 bits per heavy atom. The number of aromatic nitrogens is 3. The third-order valence-corrected chi connectivity index (χ3v) is 5.59. The van der Waals surface area contributed by atoms with Crippen molar-refractivity contribution in [2.24, 2.45) is 0 Å². The van der Waals surface area contributed by atoms with E-state index in [4.69, 9.17) is 24.2 Å². The van der Waals surface area contributed by atoms with Crippen LogP contribution < -0.4 is 14.2 Å². The van der Waals surface area contributed by atoms with Crippen molar-refractivity contribution in [1.82, 2.24) is 14.8 Å². The number of methoxy groups -OCH3 is 3. The molecule has 0 atom stereocenters. The molecule has 0 amide bonds. The molecule has 9 heteroatoms. The average Bonchev–Trinajstić information content (AvgIpc) is 3.24. The zero-order chi connectivity index (χ0) is 22.8. The largest absolute Gasteiger partial charge is 0.493 e. The van der Waals surface area contributed by atoms with Crippen LogP contribution >= 0.6 is 11.8 Å². The van der Waals surface area contributed by atoms with Gasteiger partial charge in [-0.2, -0.15) is 5.26 Å². The monoisotopic (exact) mass is 454 g/mol. The SMILES string of the molecule is COCCCn1c(SCCOc2ccc(C#N)cc2)nnc1-c1ccc(OC)c(OC)c1. The molecule has 0 aliphatic rings. The lowest BCUT2D eigenvalue weighted by Crippen LogP contribution is -2.07. The Morgan fingerprint density at radius 3 is 2.44 bits per heavy atom. The number of hydrogen-bond donors (Lipinski definition) is 0. The fourth-order valence-electron chi connectivity index (χ4n) is 3.07. The highest BCUT2D eigenvalue weighted by atomic mass is 32.2. The van der Waals surface area contributed by atoms with Crippen LogP contribution in [0.4, 0.5) is 0 Å². The van der Waals surface area contributed by atoms with Crippen LogP contribution in [-0.4, -0.2) is 55.1 Å². The molecule has 0 bridgehead atoms. The van der Waals surface area contributed by atoms with E-state index in [1.807, 2.05) is 18.2 Å². The van der Waals surface area contributed by atoms with Crippen molar-refractivity contribution >= 4 is 11.8 Å². The second-order valence-corrected chi connectivity index (χ2v) is 7.77. The van der Waals surface area contributed by atoms with Gasteiger partial charge in [0.25, 0.3) is 0 Å². The van der Waals surface area contributed by atoms with E-state index in [9.17, 15) is 0 Å². The van der Waals surface area contributed by atoms with E-state index < -0.39 is 0 Å². The molecule has 32 heavy (non-hydrogen) atoms. The topological polar surface area (TPSA) is 91.4 Å². The molecule has 1 aromatic heterocycles. The van der Waals surface area contributed by atoms with Gasteiger partial charge in [0.05, 0.1) is 32.5 Å². The van der Waals surface area contributed by atoms with Gasteiger partial charge in [-0.3, -0.25) is 0 Å². The van der Waals surface area contributed by atoms with Crippen molar-refractivity contribution < 1.29 is 18.9 Å². The molecular formula is C23H26N4O4S. The fraction of sp³-hybridized carbons (Fsp3) is 0.348. The van der Waals surface area contributed by atoms with Crippen LogP contribution in [0, 0.1) is 11.3 Å². The maximum Gasteiger partial charge on any atom is 0.191 e. The summed E-state index contributed by atoms with van der Waals surface area (Å²) in [4.78, 5) is 0. The third kappa shape index (κ3) is 5.93. The maximum atomic E-state index is 8.88. The van der Waals surface area contributed by atoms with Gasteiger partial charge >= 0.3 is 0 Å². The van der Waals surface area contributed by atoms with Crippen LogP contribution in [0.25, 0.3) is 11.4 Å². The number of rotatable bonds is 12. The highest BCUT2D eigenvalue weighted by Gasteiger charge is 2.16. The van der Waals surface area contributed by atoms with Gasteiger partial charge in [0.1, 0.15) is 5.75 Å². The highest BCUT2D eigenvalue weighted by molar-refractivity contribution is 7.99. The van der Waals surface area contributed by atoms with Crippen molar-refractivity contribution in [2.75, 3.05) is 40.3 Å². The number of nitriles is 1. The van der Waals surface area contributed by atoms with E-state index in [1.54, 1.807) is 57.4 Å². The summed E-state index contributed by atoms with van der Waals surface area (Å²) in [7, 11) is 4.91. The molecule has 0 spiro atoms. The number of nitrogens with zero attached hydrogens (tertiary/aromatic N) is 4. The Kier molecular flexibility index (Phi) is 8.78. The van der Waals surface area contributed by atoms with Crippen LogP contribution in [0.15, 0.2) is 47.6 Å². The molecule has 0 saturated heterocycles. The number of benzene rings is 2. The van der Waals surface area contributed by atoms with Gasteiger partial charge in [0, 0.05) is 31.6 Å². The molecule has 0 fully saturated rings. The summed E-state index contributed by atoms with van der Waals surface area (Å²) in [5.41, 5.74) is 1.51. The Hall–Kier alpha value is -3.22. The van der Waals surface area contributed by atoms with Crippen molar-refractivity contribution in [3.63, 3.8) is 0 Å². The quantitative estimate of drug-likeness (QED) is 0.299. The first-order valence-corrected chi connectivity index (χ1v) is 11.1. The molecule has 1 heterocycles. The second-order valence-electron chi connectivity index (χ2n) is 6.71. The molecule has 0 aliphatic carbocycles. The zero-order valence-electron chi connectivity index (χ0n) is 18.4. The molecular weight excluding hydrogens is 428 g/mol. The molecule has 0 N–H and O–H groups in total. The molecule has 0 unspecified atom stereocenters. The van der Waals surface area contributed by atoms with Gasteiger partial charge in [0.2, 0.25) is 0 Å². The van der Waals surface area contributed by atoms with Crippen molar-refractivity contribution in [1.29, 1.82) is 5.26 Å². The Bertz CT molecular complexity index is 1050. The van der Waals surface area contributed by atoms with Crippen LogP contribution in [-0.2, 0) is 11.3 Å². The molecule has 3 aromatic rings. The van der Waals surface area contributed by atoms with E-state index >= 15 is 0 Å². The first-order valence-electron chi connectivity index (χ1n) is 10.1. The predicted molar refractivity (Wildman–Crippen MR) is 122 cm³/mol. The van der Waals surface area contributed by atoms with E-state index in [1.165, 1.54) is 0 Å². The normalized spacial score (nSPS) is 10.6. The van der Waals surface area contributed by atoms with E-state index in [-0.39, 0.29) is 0 Å². The lowest BCUT2D eigenvalue weighted by Gasteiger charge is -2.12. The van der Waals surface area contributed by atoms with Gasteiger partial charge < -0.3 is 23.5 Å². The van der Waals surface area contributed by atoms with Gasteiger partial charge in [-0.25, -0.2) is 0 Å². The number of hydrogen-bond acceptors (Lipinski definition) is 8. The van der Waals surface area contributed by atoms with Gasteiger partial charge in [-0.1, -0.05) is 11.8 Å². The van der Waals surface area contributed by atoms with E-state index in [0.717, 1.165) is 35.3 Å². The third-order valence-electron chi connectivity index (χ3n) is 4.66.